The number of hydrogen-bond donors (Lipinski definition) is 0. The maximum absolute atomic E-state index is 15.1. The summed E-state index contributed by atoms with van der Waals surface area (Å²) < 4.78 is 11.9. The molecule has 2 aromatic rings. The van der Waals surface area contributed by atoms with Crippen LogP contribution in [0.15, 0.2) is 64.8 Å². The molecule has 0 radical (unpaired) electrons. The Morgan fingerprint density at radius 2 is 1.71 bits per heavy atom. The quantitative estimate of drug-likeness (QED) is 0.158. The first-order valence-corrected chi connectivity index (χ1v) is 20.9. The number of piperidine rings is 1. The predicted molar refractivity (Wildman–Crippen MR) is 223 cm³/mol. The van der Waals surface area contributed by atoms with Crippen molar-refractivity contribution in [2.24, 2.45) is 16.8 Å². The summed E-state index contributed by atoms with van der Waals surface area (Å²) in [5, 5.41) is 1.34. The summed E-state index contributed by atoms with van der Waals surface area (Å²) in [5.74, 6) is 1.61. The molecule has 11 heteroatoms. The number of hydrogen-bond acceptors (Lipinski definition) is 6. The Labute approximate surface area is 339 Å². The molecule has 1 aromatic heterocycles. The van der Waals surface area contributed by atoms with E-state index < -0.39 is 5.54 Å². The highest BCUT2D eigenvalue weighted by atomic mass is 35.5. The fourth-order valence-electron chi connectivity index (χ4n) is 7.65. The van der Waals surface area contributed by atoms with Crippen molar-refractivity contribution in [1.29, 1.82) is 0 Å². The Hall–Kier alpha value is -3.40. The molecule has 0 spiro atoms. The molecular formula is C44H61Cl2N5O4. The van der Waals surface area contributed by atoms with Crippen molar-refractivity contribution in [1.82, 2.24) is 19.7 Å². The standard InChI is InChI=1S/C44H61Cl2N5O4/c1-8-22-50(36-20-25-54-26-21-36)40(52)27-31-18-23-49(24-19-31)42(53)51(30-32-10-14-34(45)15-11-32)41(48-44(6,7)33-12-16-35(46)17-13-33)37-29-47-39(43(3,4)5)28-38(37)55-9-2/h10-12,14-17,28-29,31,33,36H,8-9,13,18-27,30H2,1-7H3. The van der Waals surface area contributed by atoms with Gasteiger partial charge in [-0.2, -0.15) is 0 Å². The van der Waals surface area contributed by atoms with E-state index in [1.165, 1.54) is 0 Å². The topological polar surface area (TPSA) is 87.6 Å². The monoisotopic (exact) mass is 793 g/mol. The van der Waals surface area contributed by atoms with Crippen LogP contribution in [0.4, 0.5) is 4.79 Å². The second-order valence-electron chi connectivity index (χ2n) is 16.7. The molecule has 3 aliphatic rings. The third kappa shape index (κ3) is 11.4. The minimum absolute atomic E-state index is 0.0385. The van der Waals surface area contributed by atoms with Crippen LogP contribution in [-0.2, 0) is 21.5 Å². The molecule has 2 fully saturated rings. The molecule has 0 bridgehead atoms. The van der Waals surface area contributed by atoms with E-state index in [9.17, 15) is 4.79 Å². The van der Waals surface area contributed by atoms with Crippen LogP contribution in [0.1, 0.15) is 110 Å². The fraction of sp³-hybridized carbons (Fsp3) is 0.591. The van der Waals surface area contributed by atoms with Gasteiger partial charge in [0.15, 0.2) is 0 Å². The summed E-state index contributed by atoms with van der Waals surface area (Å²) in [6, 6.07) is 9.68. The number of halogens is 2. The number of aromatic nitrogens is 1. The number of nitrogens with zero attached hydrogens (tertiary/aromatic N) is 5. The van der Waals surface area contributed by atoms with Crippen molar-refractivity contribution in [2.45, 2.75) is 117 Å². The lowest BCUT2D eigenvalue weighted by molar-refractivity contribution is -0.136. The highest BCUT2D eigenvalue weighted by Crippen LogP contribution is 2.35. The number of aliphatic imine (C=N–C) groups is 1. The number of rotatable bonds is 12. The average Bonchev–Trinajstić information content (AvgIpc) is 3.16. The minimum atomic E-state index is -0.632. The van der Waals surface area contributed by atoms with Gasteiger partial charge in [-0.15, -0.1) is 0 Å². The zero-order valence-corrected chi connectivity index (χ0v) is 35.5. The maximum atomic E-state index is 15.1. The van der Waals surface area contributed by atoms with Gasteiger partial charge in [0.2, 0.25) is 5.91 Å². The molecular weight excluding hydrogens is 733 g/mol. The first-order chi connectivity index (χ1) is 26.2. The summed E-state index contributed by atoms with van der Waals surface area (Å²) in [4.78, 5) is 45.0. The van der Waals surface area contributed by atoms with Gasteiger partial charge in [0.05, 0.1) is 24.3 Å². The van der Waals surface area contributed by atoms with Crippen molar-refractivity contribution >= 4 is 41.0 Å². The van der Waals surface area contributed by atoms with Gasteiger partial charge < -0.3 is 19.3 Å². The molecule has 2 aliphatic heterocycles. The normalized spacial score (nSPS) is 18.9. The number of carbonyl (C=O) groups excluding carboxylic acids is 2. The molecule has 0 saturated carbocycles. The summed E-state index contributed by atoms with van der Waals surface area (Å²) in [6.45, 7) is 18.6. The lowest BCUT2D eigenvalue weighted by Gasteiger charge is -2.39. The van der Waals surface area contributed by atoms with Crippen LogP contribution < -0.4 is 4.74 Å². The van der Waals surface area contributed by atoms with Crippen molar-refractivity contribution in [3.63, 3.8) is 0 Å². The van der Waals surface area contributed by atoms with E-state index >= 15 is 4.79 Å². The molecule has 1 aliphatic carbocycles. The van der Waals surface area contributed by atoms with Crippen LogP contribution >= 0.6 is 23.2 Å². The van der Waals surface area contributed by atoms with E-state index in [-0.39, 0.29) is 41.8 Å². The maximum Gasteiger partial charge on any atom is 0.325 e. The minimum Gasteiger partial charge on any atom is -0.493 e. The number of likely N-dealkylation sites (tertiary alicyclic amines) is 1. The van der Waals surface area contributed by atoms with E-state index in [0.717, 1.165) is 56.3 Å². The first-order valence-electron chi connectivity index (χ1n) is 20.2. The largest absolute Gasteiger partial charge is 0.493 e. The highest BCUT2D eigenvalue weighted by Gasteiger charge is 2.36. The number of benzene rings is 1. The highest BCUT2D eigenvalue weighted by molar-refractivity contribution is 6.31. The molecule has 0 N–H and O–H groups in total. The Bertz CT molecular complexity index is 1700. The summed E-state index contributed by atoms with van der Waals surface area (Å²) >= 11 is 12.7. The van der Waals surface area contributed by atoms with Gasteiger partial charge in [-0.1, -0.05) is 75.2 Å². The molecule has 1 aromatic carbocycles. The van der Waals surface area contributed by atoms with Crippen LogP contribution in [0, 0.1) is 11.8 Å². The van der Waals surface area contributed by atoms with Crippen LogP contribution in [0.25, 0.3) is 0 Å². The fourth-order valence-corrected chi connectivity index (χ4v) is 7.94. The van der Waals surface area contributed by atoms with Gasteiger partial charge >= 0.3 is 6.03 Å². The molecule has 9 nitrogen and oxygen atoms in total. The molecule has 1 atom stereocenters. The van der Waals surface area contributed by atoms with Gasteiger partial charge in [-0.3, -0.25) is 19.7 Å². The third-order valence-electron chi connectivity index (χ3n) is 11.0. The third-order valence-corrected chi connectivity index (χ3v) is 11.6. The van der Waals surface area contributed by atoms with Gasteiger partial charge in [-0.25, -0.2) is 4.79 Å². The molecule has 55 heavy (non-hydrogen) atoms. The number of amidine groups is 1. The van der Waals surface area contributed by atoms with E-state index in [0.29, 0.717) is 66.5 Å². The Morgan fingerprint density at radius 3 is 2.31 bits per heavy atom. The Balaban J connectivity index is 1.49. The van der Waals surface area contributed by atoms with E-state index in [2.05, 4.69) is 52.5 Å². The van der Waals surface area contributed by atoms with Crippen LogP contribution in [0.5, 0.6) is 5.75 Å². The number of amides is 3. The number of pyridine rings is 1. The summed E-state index contributed by atoms with van der Waals surface area (Å²) in [6.07, 6.45) is 13.3. The average molecular weight is 795 g/mol. The van der Waals surface area contributed by atoms with Gasteiger partial charge in [0.1, 0.15) is 11.6 Å². The molecule has 3 heterocycles. The van der Waals surface area contributed by atoms with Gasteiger partial charge in [0, 0.05) is 84.7 Å². The lowest BCUT2D eigenvalue weighted by atomic mass is 9.83. The summed E-state index contributed by atoms with van der Waals surface area (Å²) in [7, 11) is 0. The van der Waals surface area contributed by atoms with Crippen LogP contribution in [-0.4, -0.2) is 88.5 Å². The molecule has 3 amide bonds. The molecule has 2 saturated heterocycles. The zero-order chi connectivity index (χ0) is 39.8. The number of ether oxygens (including phenoxy) is 2. The van der Waals surface area contributed by atoms with Crippen molar-refractivity contribution < 1.29 is 19.1 Å². The Morgan fingerprint density at radius 1 is 1.02 bits per heavy atom. The van der Waals surface area contributed by atoms with Gasteiger partial charge in [0.25, 0.3) is 0 Å². The molecule has 5 rings (SSSR count). The lowest BCUT2D eigenvalue weighted by Crippen LogP contribution is -2.50. The number of urea groups is 1. The van der Waals surface area contributed by atoms with Crippen LogP contribution in [0.2, 0.25) is 5.02 Å². The predicted octanol–water partition coefficient (Wildman–Crippen LogP) is 9.80. The summed E-state index contributed by atoms with van der Waals surface area (Å²) in [5.41, 5.74) is 1.60. The van der Waals surface area contributed by atoms with Crippen molar-refractivity contribution in [3.05, 3.63) is 81.6 Å². The second kappa shape index (κ2) is 19.2. The number of allylic oxidation sites excluding steroid dienone is 3. The zero-order valence-electron chi connectivity index (χ0n) is 34.0. The van der Waals surface area contributed by atoms with Crippen molar-refractivity contribution in [3.8, 4) is 5.75 Å². The van der Waals surface area contributed by atoms with E-state index in [1.54, 1.807) is 4.90 Å². The van der Waals surface area contributed by atoms with Gasteiger partial charge in [-0.05, 0) is 89.0 Å². The molecule has 300 valence electrons. The first kappa shape index (κ1) is 42.7. The van der Waals surface area contributed by atoms with Crippen molar-refractivity contribution in [2.75, 3.05) is 39.5 Å². The number of carbonyl (C=O) groups is 2. The van der Waals surface area contributed by atoms with E-state index in [4.69, 9.17) is 42.7 Å². The smallest absolute Gasteiger partial charge is 0.325 e. The van der Waals surface area contributed by atoms with Crippen LogP contribution in [0.3, 0.4) is 0 Å². The Kier molecular flexibility index (Phi) is 14.9. The van der Waals surface area contributed by atoms with E-state index in [1.807, 2.05) is 60.5 Å². The molecule has 1 unspecified atom stereocenters. The SMILES string of the molecule is CCCN(C(=O)CC1CCN(C(=O)N(Cc2ccc(Cl)cc2)C(=NC(C)(C)C2C=CC(Cl)=CC2)c2cnc(C(C)(C)C)cc2OCC)CC1)C1CCOCC1. The second-order valence-corrected chi connectivity index (χ2v) is 17.6.